The second kappa shape index (κ2) is 9.72. The van der Waals surface area contributed by atoms with E-state index in [2.05, 4.69) is 29.5 Å². The summed E-state index contributed by atoms with van der Waals surface area (Å²) in [5.74, 6) is -0.431. The van der Waals surface area contributed by atoms with Gasteiger partial charge in [0.05, 0.1) is 28.5 Å². The normalized spacial score (nSPS) is 20.3. The molecule has 0 radical (unpaired) electrons. The van der Waals surface area contributed by atoms with E-state index in [1.165, 1.54) is 22.7 Å². The summed E-state index contributed by atoms with van der Waals surface area (Å²) in [5, 5.41) is 1.95. The van der Waals surface area contributed by atoms with Gasteiger partial charge in [-0.05, 0) is 69.7 Å². The van der Waals surface area contributed by atoms with Gasteiger partial charge in [0.25, 0.3) is 5.56 Å². The van der Waals surface area contributed by atoms with Crippen molar-refractivity contribution in [1.29, 1.82) is 0 Å². The van der Waals surface area contributed by atoms with Crippen LogP contribution in [0.1, 0.15) is 54.6 Å². The number of thiophene rings is 1. The second-order valence-electron chi connectivity index (χ2n) is 8.89. The summed E-state index contributed by atoms with van der Waals surface area (Å²) in [4.78, 5) is 32.8. The van der Waals surface area contributed by atoms with Crippen molar-refractivity contribution >= 4 is 34.7 Å². The molecule has 2 aliphatic rings. The molecule has 0 aromatic carbocycles. The highest BCUT2D eigenvalue weighted by Gasteiger charge is 2.34. The van der Waals surface area contributed by atoms with Crippen LogP contribution in [0.2, 0.25) is 0 Å². The zero-order valence-electron chi connectivity index (χ0n) is 20.4. The Hall–Kier alpha value is -2.75. The van der Waals surface area contributed by atoms with Crippen molar-refractivity contribution in [3.63, 3.8) is 0 Å². The summed E-state index contributed by atoms with van der Waals surface area (Å²) >= 11 is 2.87. The highest BCUT2D eigenvalue weighted by molar-refractivity contribution is 7.10. The number of carbonyl (C=O) groups excluding carboxylic acids is 1. The summed E-state index contributed by atoms with van der Waals surface area (Å²) in [6, 6.07) is 5.45. The van der Waals surface area contributed by atoms with Crippen LogP contribution in [0.15, 0.2) is 44.6 Å². The van der Waals surface area contributed by atoms with E-state index in [1.807, 2.05) is 30.5 Å². The average Bonchev–Trinajstić information content (AvgIpc) is 3.61. The van der Waals surface area contributed by atoms with Crippen molar-refractivity contribution < 1.29 is 14.3 Å². The summed E-state index contributed by atoms with van der Waals surface area (Å²) in [5.41, 5.74) is 4.13. The minimum atomic E-state index is -0.542. The van der Waals surface area contributed by atoms with Crippen molar-refractivity contribution in [3.8, 4) is 0 Å². The maximum absolute atomic E-state index is 13.7. The number of aryl methyl sites for hydroxylation is 1. The maximum Gasteiger partial charge on any atom is 0.338 e. The molecule has 0 unspecified atom stereocenters. The topological polar surface area (TPSA) is 74.8 Å². The van der Waals surface area contributed by atoms with Crippen LogP contribution in [0.3, 0.4) is 0 Å². The fraction of sp³-hybridized carbons (Fsp3) is 0.423. The van der Waals surface area contributed by atoms with Crippen LogP contribution in [-0.2, 0) is 20.8 Å². The third-order valence-electron chi connectivity index (χ3n) is 6.64. The molecule has 3 aromatic rings. The van der Waals surface area contributed by atoms with Gasteiger partial charge < -0.3 is 14.0 Å². The van der Waals surface area contributed by atoms with Gasteiger partial charge in [-0.25, -0.2) is 9.79 Å². The Morgan fingerprint density at radius 3 is 2.86 bits per heavy atom. The fourth-order valence-corrected chi connectivity index (χ4v) is 6.76. The lowest BCUT2D eigenvalue weighted by Gasteiger charge is -2.23. The van der Waals surface area contributed by atoms with Crippen molar-refractivity contribution in [2.24, 2.45) is 4.99 Å². The zero-order valence-corrected chi connectivity index (χ0v) is 22.0. The number of hydrogen-bond acceptors (Lipinski definition) is 7. The highest BCUT2D eigenvalue weighted by atomic mass is 32.1. The van der Waals surface area contributed by atoms with E-state index in [1.54, 1.807) is 11.5 Å². The first-order valence-electron chi connectivity index (χ1n) is 11.9. The highest BCUT2D eigenvalue weighted by Crippen LogP contribution is 2.33. The number of rotatable bonds is 6. The number of hydrogen-bond donors (Lipinski definition) is 0. The number of nitrogens with zero attached hydrogens (tertiary/aromatic N) is 3. The molecule has 9 heteroatoms. The molecule has 35 heavy (non-hydrogen) atoms. The minimum Gasteiger partial charge on any atom is -0.463 e. The molecule has 0 spiro atoms. The van der Waals surface area contributed by atoms with Crippen molar-refractivity contribution in [1.82, 2.24) is 9.13 Å². The van der Waals surface area contributed by atoms with Crippen LogP contribution in [0.25, 0.3) is 6.08 Å². The van der Waals surface area contributed by atoms with Gasteiger partial charge in [0.15, 0.2) is 4.80 Å². The van der Waals surface area contributed by atoms with Crippen LogP contribution in [0.5, 0.6) is 0 Å². The van der Waals surface area contributed by atoms with Gasteiger partial charge in [-0.15, -0.1) is 11.3 Å². The van der Waals surface area contributed by atoms with Gasteiger partial charge in [0, 0.05) is 29.4 Å². The monoisotopic (exact) mass is 511 g/mol. The molecule has 0 N–H and O–H groups in total. The molecule has 5 heterocycles. The first-order valence-corrected chi connectivity index (χ1v) is 13.6. The van der Waals surface area contributed by atoms with Crippen LogP contribution in [0.4, 0.5) is 0 Å². The molecule has 0 bridgehead atoms. The number of aromatic nitrogens is 2. The van der Waals surface area contributed by atoms with Crippen molar-refractivity contribution in [3.05, 3.63) is 76.4 Å². The molecule has 0 aliphatic carbocycles. The van der Waals surface area contributed by atoms with E-state index >= 15 is 0 Å². The van der Waals surface area contributed by atoms with Crippen molar-refractivity contribution in [2.45, 2.75) is 59.2 Å². The van der Waals surface area contributed by atoms with E-state index in [4.69, 9.17) is 9.47 Å². The van der Waals surface area contributed by atoms with Gasteiger partial charge in [0.1, 0.15) is 6.04 Å². The maximum atomic E-state index is 13.7. The molecule has 1 saturated heterocycles. The second-order valence-corrected chi connectivity index (χ2v) is 10.9. The number of carbonyl (C=O) groups is 1. The lowest BCUT2D eigenvalue weighted by atomic mass is 10.0. The minimum absolute atomic E-state index is 0.148. The molecule has 0 amide bonds. The quantitative estimate of drug-likeness (QED) is 0.475. The van der Waals surface area contributed by atoms with Gasteiger partial charge in [-0.1, -0.05) is 17.4 Å². The van der Waals surface area contributed by atoms with Gasteiger partial charge in [-0.2, -0.15) is 0 Å². The lowest BCUT2D eigenvalue weighted by molar-refractivity contribution is -0.139. The van der Waals surface area contributed by atoms with E-state index in [0.29, 0.717) is 20.6 Å². The van der Waals surface area contributed by atoms with Gasteiger partial charge in [-0.3, -0.25) is 9.36 Å². The SMILES string of the molecule is CCOC(=O)C1=C(C)N=c2s/c(=C\c3cc(C)n(C[C@H]4CCCO4)c3C)c(=O)n2[C@@H]1c1cccs1. The molecule has 3 aromatic heterocycles. The first-order chi connectivity index (χ1) is 16.9. The van der Waals surface area contributed by atoms with Crippen LogP contribution >= 0.6 is 22.7 Å². The van der Waals surface area contributed by atoms with Crippen LogP contribution in [-0.4, -0.2) is 34.4 Å². The van der Waals surface area contributed by atoms with Crippen LogP contribution < -0.4 is 14.9 Å². The van der Waals surface area contributed by atoms with E-state index in [0.717, 1.165) is 47.8 Å². The third-order valence-corrected chi connectivity index (χ3v) is 8.55. The fourth-order valence-electron chi connectivity index (χ4n) is 4.90. The Morgan fingerprint density at radius 2 is 2.17 bits per heavy atom. The molecular weight excluding hydrogens is 482 g/mol. The van der Waals surface area contributed by atoms with E-state index < -0.39 is 12.0 Å². The smallest absolute Gasteiger partial charge is 0.338 e. The number of esters is 1. The number of ether oxygens (including phenoxy) is 2. The Bertz CT molecular complexity index is 1470. The molecule has 1 fully saturated rings. The summed E-state index contributed by atoms with van der Waals surface area (Å²) in [6.07, 6.45) is 4.38. The zero-order chi connectivity index (χ0) is 24.7. The number of fused-ring (bicyclic) bond motifs is 1. The Kier molecular flexibility index (Phi) is 6.65. The van der Waals surface area contributed by atoms with Crippen LogP contribution in [0, 0.1) is 13.8 Å². The van der Waals surface area contributed by atoms with Crippen molar-refractivity contribution in [2.75, 3.05) is 13.2 Å². The standard InChI is InChI=1S/C26H29N3O4S2/c1-5-32-25(31)22-16(3)27-26-29(23(22)20-9-7-11-34-20)24(30)21(35-26)13-18-12-15(2)28(17(18)4)14-19-8-6-10-33-19/h7,9,11-13,19,23H,5-6,8,10,14H2,1-4H3/b21-13-/t19-,23-/m1/s1. The average molecular weight is 512 g/mol. The molecule has 0 saturated carbocycles. The molecular formula is C26H29N3O4S2. The molecule has 184 valence electrons. The molecule has 5 rings (SSSR count). The number of allylic oxidation sites excluding steroid dienone is 1. The molecule has 7 nitrogen and oxygen atoms in total. The summed E-state index contributed by atoms with van der Waals surface area (Å²) in [7, 11) is 0. The first kappa shape index (κ1) is 24.0. The predicted molar refractivity (Wildman–Crippen MR) is 138 cm³/mol. The van der Waals surface area contributed by atoms with E-state index in [-0.39, 0.29) is 18.3 Å². The largest absolute Gasteiger partial charge is 0.463 e. The third kappa shape index (κ3) is 4.37. The van der Waals surface area contributed by atoms with Gasteiger partial charge >= 0.3 is 5.97 Å². The Morgan fingerprint density at radius 1 is 1.34 bits per heavy atom. The Labute approximate surface area is 211 Å². The molecule has 2 aliphatic heterocycles. The predicted octanol–water partition coefficient (Wildman–Crippen LogP) is 3.46. The number of thiazole rings is 1. The summed E-state index contributed by atoms with van der Waals surface area (Å²) in [6.45, 7) is 9.68. The summed E-state index contributed by atoms with van der Waals surface area (Å²) < 4.78 is 15.7. The van der Waals surface area contributed by atoms with E-state index in [9.17, 15) is 9.59 Å². The molecule has 2 atom stereocenters. The Balaban J connectivity index is 1.61. The van der Waals surface area contributed by atoms with Gasteiger partial charge in [0.2, 0.25) is 0 Å². The lowest BCUT2D eigenvalue weighted by Crippen LogP contribution is -2.39.